The highest BCUT2D eigenvalue weighted by Gasteiger charge is 2.21. The molecule has 0 saturated carbocycles. The summed E-state index contributed by atoms with van der Waals surface area (Å²) in [5, 5.41) is 4.51. The van der Waals surface area contributed by atoms with Crippen LogP contribution in [0.5, 0.6) is 5.75 Å². The van der Waals surface area contributed by atoms with Crippen molar-refractivity contribution in [3.8, 4) is 17.1 Å². The molecule has 0 unspecified atom stereocenters. The fourth-order valence-electron chi connectivity index (χ4n) is 1.88. The first-order valence-electron chi connectivity index (χ1n) is 5.26. The van der Waals surface area contributed by atoms with E-state index in [4.69, 9.17) is 26.6 Å². The molecule has 1 aliphatic rings. The molecule has 0 atom stereocenters. The Morgan fingerprint density at radius 1 is 1.41 bits per heavy atom. The molecule has 3 rings (SSSR count). The predicted octanol–water partition coefficient (Wildman–Crippen LogP) is 1.78. The maximum absolute atomic E-state index is 6.05. The monoisotopic (exact) mass is 251 g/mol. The van der Waals surface area contributed by atoms with E-state index >= 15 is 0 Å². The number of ether oxygens (including phenoxy) is 1. The van der Waals surface area contributed by atoms with Crippen LogP contribution in [-0.2, 0) is 13.0 Å². The Morgan fingerprint density at radius 2 is 2.29 bits per heavy atom. The molecule has 0 aliphatic carbocycles. The van der Waals surface area contributed by atoms with Gasteiger partial charge < -0.3 is 15.0 Å². The number of benzene rings is 1. The van der Waals surface area contributed by atoms with Crippen LogP contribution in [0.15, 0.2) is 16.7 Å². The second-order valence-electron chi connectivity index (χ2n) is 3.76. The van der Waals surface area contributed by atoms with Crippen LogP contribution in [0.4, 0.5) is 0 Å². The highest BCUT2D eigenvalue weighted by Crippen LogP contribution is 2.37. The average molecular weight is 252 g/mol. The highest BCUT2D eigenvalue weighted by molar-refractivity contribution is 6.31. The van der Waals surface area contributed by atoms with Crippen LogP contribution < -0.4 is 10.5 Å². The molecule has 0 bridgehead atoms. The number of aromatic nitrogens is 2. The molecule has 1 aromatic carbocycles. The molecule has 5 nitrogen and oxygen atoms in total. The first-order chi connectivity index (χ1) is 8.28. The molecule has 1 aromatic heterocycles. The molecule has 2 N–H and O–H groups in total. The van der Waals surface area contributed by atoms with Gasteiger partial charge in [0.15, 0.2) is 0 Å². The minimum atomic E-state index is 0.219. The number of nitrogens with two attached hydrogens (primary N) is 1. The van der Waals surface area contributed by atoms with Gasteiger partial charge in [-0.05, 0) is 17.7 Å². The third-order valence-corrected chi connectivity index (χ3v) is 2.85. The van der Waals surface area contributed by atoms with E-state index in [0.29, 0.717) is 23.3 Å². The van der Waals surface area contributed by atoms with Gasteiger partial charge in [-0.2, -0.15) is 4.98 Å². The molecule has 1 aliphatic heterocycles. The molecule has 0 radical (unpaired) electrons. The fourth-order valence-corrected chi connectivity index (χ4v) is 2.12. The Labute approximate surface area is 103 Å². The zero-order valence-electron chi connectivity index (χ0n) is 8.94. The summed E-state index contributed by atoms with van der Waals surface area (Å²) in [6.07, 6.45) is 0.852. The number of hydrogen-bond acceptors (Lipinski definition) is 5. The van der Waals surface area contributed by atoms with Gasteiger partial charge in [0.2, 0.25) is 11.7 Å². The van der Waals surface area contributed by atoms with Crippen molar-refractivity contribution in [1.82, 2.24) is 10.1 Å². The predicted molar refractivity (Wildman–Crippen MR) is 61.8 cm³/mol. The van der Waals surface area contributed by atoms with E-state index in [-0.39, 0.29) is 6.54 Å². The quantitative estimate of drug-likeness (QED) is 0.881. The summed E-state index contributed by atoms with van der Waals surface area (Å²) in [6, 6.07) is 3.67. The van der Waals surface area contributed by atoms with Gasteiger partial charge in [0, 0.05) is 11.4 Å². The van der Waals surface area contributed by atoms with Crippen LogP contribution in [0.1, 0.15) is 11.5 Å². The molecule has 6 heteroatoms. The van der Waals surface area contributed by atoms with E-state index in [1.807, 2.05) is 6.07 Å². The summed E-state index contributed by atoms with van der Waals surface area (Å²) >= 11 is 6.05. The molecular weight excluding hydrogens is 242 g/mol. The molecule has 0 amide bonds. The van der Waals surface area contributed by atoms with Crippen molar-refractivity contribution < 1.29 is 9.26 Å². The number of rotatable bonds is 2. The van der Waals surface area contributed by atoms with Gasteiger partial charge in [-0.15, -0.1) is 0 Å². The van der Waals surface area contributed by atoms with Crippen LogP contribution in [0, 0.1) is 0 Å². The van der Waals surface area contributed by atoms with Crippen molar-refractivity contribution in [1.29, 1.82) is 0 Å². The maximum Gasteiger partial charge on any atom is 0.240 e. The third kappa shape index (κ3) is 1.77. The Bertz CT molecular complexity index is 568. The Kier molecular flexibility index (Phi) is 2.49. The molecule has 17 heavy (non-hydrogen) atoms. The van der Waals surface area contributed by atoms with Crippen molar-refractivity contribution in [3.63, 3.8) is 0 Å². The Morgan fingerprint density at radius 3 is 3.06 bits per heavy atom. The summed E-state index contributed by atoms with van der Waals surface area (Å²) < 4.78 is 10.6. The van der Waals surface area contributed by atoms with Crippen LogP contribution in [-0.4, -0.2) is 16.7 Å². The van der Waals surface area contributed by atoms with Crippen LogP contribution >= 0.6 is 11.6 Å². The third-order valence-electron chi connectivity index (χ3n) is 2.63. The lowest BCUT2D eigenvalue weighted by molar-refractivity contribution is 0.357. The fraction of sp³-hybridized carbons (Fsp3) is 0.273. The molecule has 0 saturated heterocycles. The largest absolute Gasteiger partial charge is 0.492 e. The van der Waals surface area contributed by atoms with E-state index in [9.17, 15) is 0 Å². The van der Waals surface area contributed by atoms with Gasteiger partial charge in [0.25, 0.3) is 0 Å². The van der Waals surface area contributed by atoms with Gasteiger partial charge in [-0.1, -0.05) is 16.8 Å². The van der Waals surface area contributed by atoms with Crippen molar-refractivity contribution >= 4 is 11.6 Å². The first kappa shape index (κ1) is 10.6. The van der Waals surface area contributed by atoms with E-state index < -0.39 is 0 Å². The minimum Gasteiger partial charge on any atom is -0.492 e. The zero-order chi connectivity index (χ0) is 11.8. The summed E-state index contributed by atoms with van der Waals surface area (Å²) in [5.41, 5.74) is 7.26. The SMILES string of the molecule is NCc1nc(-c2cc(Cl)cc3c2OCC3)no1. The molecule has 2 aromatic rings. The van der Waals surface area contributed by atoms with Crippen molar-refractivity contribution in [3.05, 3.63) is 28.6 Å². The Hall–Kier alpha value is -1.59. The Balaban J connectivity index is 2.13. The molecular formula is C11H10ClN3O2. The standard InChI is InChI=1S/C11H10ClN3O2/c12-7-3-6-1-2-16-10(6)8(4-7)11-14-9(5-13)17-15-11/h3-4H,1-2,5,13H2. The van der Waals surface area contributed by atoms with Gasteiger partial charge >= 0.3 is 0 Å². The van der Waals surface area contributed by atoms with E-state index in [2.05, 4.69) is 10.1 Å². The van der Waals surface area contributed by atoms with Crippen LogP contribution in [0.2, 0.25) is 5.02 Å². The summed E-state index contributed by atoms with van der Waals surface area (Å²) in [6.45, 7) is 0.876. The number of hydrogen-bond donors (Lipinski definition) is 1. The number of fused-ring (bicyclic) bond motifs is 1. The normalized spacial score (nSPS) is 13.5. The van der Waals surface area contributed by atoms with Gasteiger partial charge in [-0.25, -0.2) is 0 Å². The lowest BCUT2D eigenvalue weighted by Gasteiger charge is -2.04. The van der Waals surface area contributed by atoms with Gasteiger partial charge in [-0.3, -0.25) is 0 Å². The summed E-state index contributed by atoms with van der Waals surface area (Å²) in [4.78, 5) is 4.18. The van der Waals surface area contributed by atoms with Crippen LogP contribution in [0.25, 0.3) is 11.4 Å². The summed E-state index contributed by atoms with van der Waals surface area (Å²) in [7, 11) is 0. The number of halogens is 1. The topological polar surface area (TPSA) is 74.2 Å². The maximum atomic E-state index is 6.05. The first-order valence-corrected chi connectivity index (χ1v) is 5.64. The lowest BCUT2D eigenvalue weighted by Crippen LogP contribution is -1.96. The van der Waals surface area contributed by atoms with Crippen molar-refractivity contribution in [2.45, 2.75) is 13.0 Å². The lowest BCUT2D eigenvalue weighted by atomic mass is 10.1. The average Bonchev–Trinajstić information content (AvgIpc) is 2.95. The zero-order valence-corrected chi connectivity index (χ0v) is 9.70. The molecule has 2 heterocycles. The minimum absolute atomic E-state index is 0.219. The van der Waals surface area contributed by atoms with Crippen molar-refractivity contribution in [2.75, 3.05) is 6.61 Å². The second kappa shape index (κ2) is 4.01. The smallest absolute Gasteiger partial charge is 0.240 e. The van der Waals surface area contributed by atoms with Crippen LogP contribution in [0.3, 0.4) is 0 Å². The summed E-state index contributed by atoms with van der Waals surface area (Å²) in [5.74, 6) is 1.65. The molecule has 88 valence electrons. The van der Waals surface area contributed by atoms with Crippen molar-refractivity contribution in [2.24, 2.45) is 5.73 Å². The van der Waals surface area contributed by atoms with Gasteiger partial charge in [0.1, 0.15) is 5.75 Å². The van der Waals surface area contributed by atoms with Gasteiger partial charge in [0.05, 0.1) is 18.7 Å². The highest BCUT2D eigenvalue weighted by atomic mass is 35.5. The molecule has 0 fully saturated rings. The van der Waals surface area contributed by atoms with E-state index in [1.54, 1.807) is 6.07 Å². The second-order valence-corrected chi connectivity index (χ2v) is 4.19. The number of nitrogens with zero attached hydrogens (tertiary/aromatic N) is 2. The molecule has 0 spiro atoms. The van der Waals surface area contributed by atoms with E-state index in [1.165, 1.54) is 0 Å². The van der Waals surface area contributed by atoms with E-state index in [0.717, 1.165) is 23.3 Å².